The van der Waals surface area contributed by atoms with Gasteiger partial charge in [-0.2, -0.15) is 0 Å². The first kappa shape index (κ1) is 17.7. The molecule has 0 aliphatic rings. The molecule has 26 heavy (non-hydrogen) atoms. The lowest BCUT2D eigenvalue weighted by atomic mass is 10.2. The van der Waals surface area contributed by atoms with Gasteiger partial charge < -0.3 is 13.7 Å². The normalized spacial score (nSPS) is 10.5. The predicted octanol–water partition coefficient (Wildman–Crippen LogP) is 2.13. The largest absolute Gasteiger partial charge is 0.497 e. The molecule has 134 valence electrons. The van der Waals surface area contributed by atoms with Crippen LogP contribution < -0.4 is 10.1 Å². The van der Waals surface area contributed by atoms with Crippen LogP contribution in [-0.2, 0) is 11.8 Å². The van der Waals surface area contributed by atoms with Crippen LogP contribution in [0.2, 0.25) is 0 Å². The van der Waals surface area contributed by atoms with Crippen LogP contribution in [0.3, 0.4) is 0 Å². The lowest BCUT2D eigenvalue weighted by Gasteiger charge is -2.05. The third-order valence-corrected chi connectivity index (χ3v) is 4.53. The number of methoxy groups -OCH3 is 1. The molecule has 3 rings (SSSR count). The van der Waals surface area contributed by atoms with Crippen LogP contribution in [0.25, 0.3) is 11.6 Å². The van der Waals surface area contributed by atoms with Crippen molar-refractivity contribution in [3.63, 3.8) is 0 Å². The van der Waals surface area contributed by atoms with Crippen molar-refractivity contribution in [3.8, 4) is 17.3 Å². The van der Waals surface area contributed by atoms with E-state index in [1.807, 2.05) is 0 Å². The minimum Gasteiger partial charge on any atom is -0.497 e. The van der Waals surface area contributed by atoms with Crippen LogP contribution in [-0.4, -0.2) is 39.4 Å². The Kier molecular flexibility index (Phi) is 5.37. The number of nitrogens with zero attached hydrogens (tertiary/aromatic N) is 3. The molecule has 8 nitrogen and oxygen atoms in total. The lowest BCUT2D eigenvalue weighted by Crippen LogP contribution is -2.31. The summed E-state index contributed by atoms with van der Waals surface area (Å²) in [5.74, 6) is 0.939. The lowest BCUT2D eigenvalue weighted by molar-refractivity contribution is -0.117. The summed E-state index contributed by atoms with van der Waals surface area (Å²) in [7, 11) is 3.32. The Balaban J connectivity index is 1.56. The van der Waals surface area contributed by atoms with Gasteiger partial charge in [-0.15, -0.1) is 10.2 Å². The van der Waals surface area contributed by atoms with Crippen LogP contribution in [0.5, 0.6) is 5.75 Å². The third kappa shape index (κ3) is 3.94. The van der Waals surface area contributed by atoms with E-state index in [4.69, 9.17) is 9.15 Å². The van der Waals surface area contributed by atoms with E-state index in [-0.39, 0.29) is 5.75 Å². The fourth-order valence-electron chi connectivity index (χ4n) is 2.17. The first-order chi connectivity index (χ1) is 12.6. The van der Waals surface area contributed by atoms with E-state index < -0.39 is 11.8 Å². The molecule has 1 aromatic carbocycles. The maximum atomic E-state index is 12.1. The molecule has 0 fully saturated rings. The molecule has 9 heteroatoms. The Morgan fingerprint density at radius 3 is 2.65 bits per heavy atom. The smallest absolute Gasteiger partial charge is 0.257 e. The van der Waals surface area contributed by atoms with Crippen LogP contribution in [0.4, 0.5) is 0 Å². The second-order valence-electron chi connectivity index (χ2n) is 5.24. The first-order valence-electron chi connectivity index (χ1n) is 7.63. The highest BCUT2D eigenvalue weighted by Crippen LogP contribution is 2.22. The number of amides is 2. The second kappa shape index (κ2) is 7.87. The molecular weight excluding hydrogens is 356 g/mol. The number of thioether (sulfide) groups is 1. The van der Waals surface area contributed by atoms with Gasteiger partial charge in [-0.1, -0.05) is 11.8 Å². The minimum absolute atomic E-state index is 0.0338. The van der Waals surface area contributed by atoms with E-state index in [2.05, 4.69) is 15.5 Å². The van der Waals surface area contributed by atoms with E-state index in [9.17, 15) is 9.59 Å². The Labute approximate surface area is 153 Å². The molecule has 0 aliphatic heterocycles. The van der Waals surface area contributed by atoms with E-state index in [1.165, 1.54) is 11.8 Å². The summed E-state index contributed by atoms with van der Waals surface area (Å²) in [6.45, 7) is 0. The average molecular weight is 372 g/mol. The number of imide groups is 1. The number of carbonyl (C=O) groups excluding carboxylic acids is 2. The summed E-state index contributed by atoms with van der Waals surface area (Å²) in [6.07, 6.45) is 1.55. The number of ether oxygens (including phenoxy) is 1. The Morgan fingerprint density at radius 1 is 1.23 bits per heavy atom. The fourth-order valence-corrected chi connectivity index (χ4v) is 2.88. The summed E-state index contributed by atoms with van der Waals surface area (Å²) < 4.78 is 12.0. The van der Waals surface area contributed by atoms with Crippen LogP contribution in [0.15, 0.2) is 52.2 Å². The zero-order valence-corrected chi connectivity index (χ0v) is 14.9. The van der Waals surface area contributed by atoms with Gasteiger partial charge in [-0.05, 0) is 36.4 Å². The molecule has 0 aliphatic carbocycles. The SMILES string of the molecule is COc1ccc(C(=O)NC(=O)CSc2nnc(-c3ccco3)n2C)cc1. The number of hydrogen-bond donors (Lipinski definition) is 1. The number of furan rings is 1. The maximum absolute atomic E-state index is 12.1. The zero-order valence-electron chi connectivity index (χ0n) is 14.1. The molecule has 0 spiro atoms. The van der Waals surface area contributed by atoms with Crippen molar-refractivity contribution in [2.45, 2.75) is 5.16 Å². The molecule has 0 unspecified atom stereocenters. The van der Waals surface area contributed by atoms with Crippen LogP contribution >= 0.6 is 11.8 Å². The number of carbonyl (C=O) groups is 2. The number of hydrogen-bond acceptors (Lipinski definition) is 7. The van der Waals surface area contributed by atoms with Gasteiger partial charge in [-0.25, -0.2) is 0 Å². The van der Waals surface area contributed by atoms with E-state index in [1.54, 1.807) is 61.4 Å². The Bertz CT molecular complexity index is 904. The Hall–Kier alpha value is -3.07. The molecule has 0 saturated heterocycles. The van der Waals surface area contributed by atoms with Gasteiger partial charge in [-0.3, -0.25) is 14.9 Å². The van der Waals surface area contributed by atoms with Crippen LogP contribution in [0, 0.1) is 0 Å². The topological polar surface area (TPSA) is 99.2 Å². The molecule has 0 radical (unpaired) electrons. The van der Waals surface area contributed by atoms with Crippen molar-refractivity contribution in [1.82, 2.24) is 20.1 Å². The molecule has 3 aromatic rings. The van der Waals surface area contributed by atoms with Crippen molar-refractivity contribution < 1.29 is 18.7 Å². The average Bonchev–Trinajstić information content (AvgIpc) is 3.29. The van der Waals surface area contributed by atoms with Crippen molar-refractivity contribution in [2.24, 2.45) is 7.05 Å². The molecule has 0 bridgehead atoms. The minimum atomic E-state index is -0.465. The van der Waals surface area contributed by atoms with E-state index >= 15 is 0 Å². The van der Waals surface area contributed by atoms with Gasteiger partial charge in [0.05, 0.1) is 19.1 Å². The molecule has 2 amide bonds. The van der Waals surface area contributed by atoms with Crippen molar-refractivity contribution in [2.75, 3.05) is 12.9 Å². The second-order valence-corrected chi connectivity index (χ2v) is 6.18. The van der Waals surface area contributed by atoms with Crippen molar-refractivity contribution in [1.29, 1.82) is 0 Å². The molecule has 1 N–H and O–H groups in total. The Morgan fingerprint density at radius 2 is 2.00 bits per heavy atom. The monoisotopic (exact) mass is 372 g/mol. The summed E-state index contributed by atoms with van der Waals surface area (Å²) in [5, 5.41) is 11.0. The summed E-state index contributed by atoms with van der Waals surface area (Å²) in [6, 6.07) is 10.0. The van der Waals surface area contributed by atoms with Crippen molar-refractivity contribution >= 4 is 23.6 Å². The van der Waals surface area contributed by atoms with Gasteiger partial charge in [0.15, 0.2) is 16.7 Å². The fraction of sp³-hybridized carbons (Fsp3) is 0.176. The highest BCUT2D eigenvalue weighted by Gasteiger charge is 2.16. The summed E-state index contributed by atoms with van der Waals surface area (Å²) in [4.78, 5) is 24.1. The quantitative estimate of drug-likeness (QED) is 0.662. The number of aromatic nitrogens is 3. The molecule has 2 heterocycles. The first-order valence-corrected chi connectivity index (χ1v) is 8.61. The van der Waals surface area contributed by atoms with E-state index in [0.29, 0.717) is 28.1 Å². The summed E-state index contributed by atoms with van der Waals surface area (Å²) in [5.41, 5.74) is 0.378. The molecule has 0 saturated carbocycles. The third-order valence-electron chi connectivity index (χ3n) is 3.51. The number of nitrogens with one attached hydrogen (secondary N) is 1. The highest BCUT2D eigenvalue weighted by atomic mass is 32.2. The van der Waals surface area contributed by atoms with E-state index in [0.717, 1.165) is 0 Å². The van der Waals surface area contributed by atoms with Gasteiger partial charge in [0.1, 0.15) is 5.75 Å². The molecule has 2 aromatic heterocycles. The summed E-state index contributed by atoms with van der Waals surface area (Å²) >= 11 is 1.18. The van der Waals surface area contributed by atoms with Gasteiger partial charge >= 0.3 is 0 Å². The highest BCUT2D eigenvalue weighted by molar-refractivity contribution is 7.99. The predicted molar refractivity (Wildman–Crippen MR) is 94.9 cm³/mol. The maximum Gasteiger partial charge on any atom is 0.257 e. The number of rotatable bonds is 6. The molecular formula is C17H16N4O4S. The van der Waals surface area contributed by atoms with Gasteiger partial charge in [0.25, 0.3) is 5.91 Å². The van der Waals surface area contributed by atoms with Crippen LogP contribution in [0.1, 0.15) is 10.4 Å². The number of benzene rings is 1. The zero-order chi connectivity index (χ0) is 18.5. The molecule has 0 atom stereocenters. The van der Waals surface area contributed by atoms with Gasteiger partial charge in [0, 0.05) is 12.6 Å². The standard InChI is InChI=1S/C17H16N4O4S/c1-21-15(13-4-3-9-25-13)19-20-17(21)26-10-14(22)18-16(23)11-5-7-12(24-2)8-6-11/h3-9H,10H2,1-2H3,(H,18,22,23). The van der Waals surface area contributed by atoms with Gasteiger partial charge in [0.2, 0.25) is 5.91 Å². The van der Waals surface area contributed by atoms with Crippen molar-refractivity contribution in [3.05, 3.63) is 48.2 Å².